The highest BCUT2D eigenvalue weighted by molar-refractivity contribution is 5.88. The van der Waals surface area contributed by atoms with E-state index in [2.05, 4.69) is 6.58 Å². The van der Waals surface area contributed by atoms with Gasteiger partial charge in [0.2, 0.25) is 0 Å². The molecule has 0 saturated heterocycles. The highest BCUT2D eigenvalue weighted by Gasteiger charge is 2.36. The summed E-state index contributed by atoms with van der Waals surface area (Å²) in [5, 5.41) is 0. The molecule has 0 unspecified atom stereocenters. The topological polar surface area (TPSA) is 17.1 Å². The molecule has 1 aliphatic carbocycles. The Bertz CT molecular complexity index is 183. The Morgan fingerprint density at radius 3 is 2.82 bits per heavy atom. The molecule has 1 nitrogen and oxygen atoms in total. The molecule has 0 N–H and O–H groups in total. The lowest BCUT2D eigenvalue weighted by Crippen LogP contribution is -2.34. The van der Waals surface area contributed by atoms with Crippen LogP contribution in [-0.4, -0.2) is 5.78 Å². The van der Waals surface area contributed by atoms with Crippen LogP contribution in [0.15, 0.2) is 12.7 Å². The van der Waals surface area contributed by atoms with Gasteiger partial charge in [0, 0.05) is 11.3 Å². The summed E-state index contributed by atoms with van der Waals surface area (Å²) in [5.74, 6) is 0.616. The normalized spacial score (nSPS) is 38.7. The predicted octanol–water partition coefficient (Wildman–Crippen LogP) is 2.57. The first kappa shape index (κ1) is 8.51. The van der Waals surface area contributed by atoms with Gasteiger partial charge in [0.15, 0.2) is 0 Å². The smallest absolute Gasteiger partial charge is 0.145 e. The van der Waals surface area contributed by atoms with Crippen LogP contribution in [0.25, 0.3) is 0 Å². The van der Waals surface area contributed by atoms with E-state index in [4.69, 9.17) is 0 Å². The molecule has 0 radical (unpaired) electrons. The summed E-state index contributed by atoms with van der Waals surface area (Å²) in [7, 11) is 0. The van der Waals surface area contributed by atoms with Crippen LogP contribution >= 0.6 is 0 Å². The number of hydrogen-bond acceptors (Lipinski definition) is 1. The molecular formula is C10H16O. The van der Waals surface area contributed by atoms with Gasteiger partial charge < -0.3 is 0 Å². The third-order valence-electron chi connectivity index (χ3n) is 2.79. The molecule has 0 heterocycles. The summed E-state index contributed by atoms with van der Waals surface area (Å²) in [4.78, 5) is 11.6. The van der Waals surface area contributed by atoms with Crippen LogP contribution in [0.1, 0.15) is 33.1 Å². The zero-order valence-corrected chi connectivity index (χ0v) is 7.39. The molecule has 0 aliphatic heterocycles. The summed E-state index contributed by atoms with van der Waals surface area (Å²) >= 11 is 0. The standard InChI is InChI=1S/C10H16O/c1-4-10(3)7-5-6-8(2)9(10)11/h4,8H,1,5-7H2,2-3H3/t8-,10+/m1/s1. The molecule has 1 aliphatic rings. The van der Waals surface area contributed by atoms with Crippen molar-refractivity contribution in [3.05, 3.63) is 12.7 Å². The number of ketones is 1. The van der Waals surface area contributed by atoms with E-state index < -0.39 is 0 Å². The Morgan fingerprint density at radius 2 is 2.36 bits per heavy atom. The van der Waals surface area contributed by atoms with Gasteiger partial charge in [-0.2, -0.15) is 0 Å². The molecule has 0 aromatic carbocycles. The Balaban J connectivity index is 2.80. The SMILES string of the molecule is C=C[C@@]1(C)CCC[C@@H](C)C1=O. The summed E-state index contributed by atoms with van der Waals surface area (Å²) in [6.45, 7) is 7.74. The summed E-state index contributed by atoms with van der Waals surface area (Å²) in [6, 6.07) is 0. The van der Waals surface area contributed by atoms with Crippen molar-refractivity contribution in [2.24, 2.45) is 11.3 Å². The van der Waals surface area contributed by atoms with Gasteiger partial charge in [-0.15, -0.1) is 6.58 Å². The quantitative estimate of drug-likeness (QED) is 0.528. The molecular weight excluding hydrogens is 136 g/mol. The molecule has 1 fully saturated rings. The van der Waals surface area contributed by atoms with E-state index in [1.165, 1.54) is 0 Å². The van der Waals surface area contributed by atoms with E-state index in [-0.39, 0.29) is 11.3 Å². The number of hydrogen-bond donors (Lipinski definition) is 0. The molecule has 1 saturated carbocycles. The fraction of sp³-hybridized carbons (Fsp3) is 0.700. The zero-order valence-electron chi connectivity index (χ0n) is 7.39. The maximum atomic E-state index is 11.6. The number of Topliss-reactive ketones (excluding diaryl/α,β-unsaturated/α-hetero) is 1. The highest BCUT2D eigenvalue weighted by Crippen LogP contribution is 2.36. The van der Waals surface area contributed by atoms with Gasteiger partial charge in [0.25, 0.3) is 0 Å². The molecule has 0 amide bonds. The molecule has 1 heteroatoms. The van der Waals surface area contributed by atoms with E-state index >= 15 is 0 Å². The van der Waals surface area contributed by atoms with Crippen LogP contribution in [0.2, 0.25) is 0 Å². The molecule has 11 heavy (non-hydrogen) atoms. The highest BCUT2D eigenvalue weighted by atomic mass is 16.1. The lowest BCUT2D eigenvalue weighted by Gasteiger charge is -2.32. The lowest BCUT2D eigenvalue weighted by molar-refractivity contribution is -0.131. The maximum absolute atomic E-state index is 11.6. The Kier molecular flexibility index (Phi) is 2.17. The molecule has 0 bridgehead atoms. The first-order chi connectivity index (χ1) is 5.10. The van der Waals surface area contributed by atoms with Crippen LogP contribution < -0.4 is 0 Å². The van der Waals surface area contributed by atoms with Crippen molar-refractivity contribution in [3.63, 3.8) is 0 Å². The van der Waals surface area contributed by atoms with Crippen molar-refractivity contribution < 1.29 is 4.79 Å². The number of carbonyl (C=O) groups is 1. The molecule has 0 aromatic heterocycles. The van der Waals surface area contributed by atoms with E-state index in [1.54, 1.807) is 0 Å². The number of rotatable bonds is 1. The van der Waals surface area contributed by atoms with E-state index in [1.807, 2.05) is 19.9 Å². The Morgan fingerprint density at radius 1 is 1.73 bits per heavy atom. The Labute approximate surface area is 68.5 Å². The first-order valence-electron chi connectivity index (χ1n) is 4.28. The van der Waals surface area contributed by atoms with Crippen molar-refractivity contribution >= 4 is 5.78 Å². The summed E-state index contributed by atoms with van der Waals surface area (Å²) in [5.41, 5.74) is -0.225. The minimum Gasteiger partial charge on any atom is -0.298 e. The van der Waals surface area contributed by atoms with Gasteiger partial charge >= 0.3 is 0 Å². The van der Waals surface area contributed by atoms with Gasteiger partial charge in [0.05, 0.1) is 0 Å². The average Bonchev–Trinajstić information content (AvgIpc) is 2.00. The fourth-order valence-electron chi connectivity index (χ4n) is 1.80. The van der Waals surface area contributed by atoms with Crippen molar-refractivity contribution in [2.45, 2.75) is 33.1 Å². The first-order valence-corrected chi connectivity index (χ1v) is 4.28. The van der Waals surface area contributed by atoms with Crippen molar-refractivity contribution in [1.82, 2.24) is 0 Å². The maximum Gasteiger partial charge on any atom is 0.145 e. The van der Waals surface area contributed by atoms with Crippen molar-refractivity contribution in [3.8, 4) is 0 Å². The summed E-state index contributed by atoms with van der Waals surface area (Å²) in [6.07, 6.45) is 5.02. The lowest BCUT2D eigenvalue weighted by atomic mass is 9.70. The molecule has 2 atom stereocenters. The molecule has 0 spiro atoms. The van der Waals surface area contributed by atoms with Gasteiger partial charge in [-0.05, 0) is 19.8 Å². The predicted molar refractivity (Wildman–Crippen MR) is 46.3 cm³/mol. The minimum absolute atomic E-state index is 0.225. The van der Waals surface area contributed by atoms with Crippen molar-refractivity contribution in [1.29, 1.82) is 0 Å². The van der Waals surface area contributed by atoms with Crippen LogP contribution in [0.3, 0.4) is 0 Å². The van der Waals surface area contributed by atoms with Crippen molar-refractivity contribution in [2.75, 3.05) is 0 Å². The molecule has 1 rings (SSSR count). The average molecular weight is 152 g/mol. The van der Waals surface area contributed by atoms with Gasteiger partial charge in [0.1, 0.15) is 5.78 Å². The second kappa shape index (κ2) is 2.80. The fourth-order valence-corrected chi connectivity index (χ4v) is 1.80. The third kappa shape index (κ3) is 1.37. The second-order valence-corrected chi connectivity index (χ2v) is 3.78. The molecule has 0 aromatic rings. The van der Waals surface area contributed by atoms with Crippen LogP contribution in [0.5, 0.6) is 0 Å². The summed E-state index contributed by atoms with van der Waals surface area (Å²) < 4.78 is 0. The molecule has 62 valence electrons. The van der Waals surface area contributed by atoms with Crippen LogP contribution in [0.4, 0.5) is 0 Å². The van der Waals surface area contributed by atoms with E-state index in [9.17, 15) is 4.79 Å². The number of carbonyl (C=O) groups excluding carboxylic acids is 1. The third-order valence-corrected chi connectivity index (χ3v) is 2.79. The van der Waals surface area contributed by atoms with Gasteiger partial charge in [-0.1, -0.05) is 19.4 Å². The van der Waals surface area contributed by atoms with E-state index in [0.717, 1.165) is 19.3 Å². The minimum atomic E-state index is -0.225. The Hall–Kier alpha value is -0.590. The van der Waals surface area contributed by atoms with Gasteiger partial charge in [-0.25, -0.2) is 0 Å². The van der Waals surface area contributed by atoms with Crippen LogP contribution in [-0.2, 0) is 4.79 Å². The van der Waals surface area contributed by atoms with Gasteiger partial charge in [-0.3, -0.25) is 4.79 Å². The zero-order chi connectivity index (χ0) is 8.48. The number of allylic oxidation sites excluding steroid dienone is 1. The monoisotopic (exact) mass is 152 g/mol. The largest absolute Gasteiger partial charge is 0.298 e. The second-order valence-electron chi connectivity index (χ2n) is 3.78. The van der Waals surface area contributed by atoms with E-state index in [0.29, 0.717) is 5.78 Å². The van der Waals surface area contributed by atoms with Crippen LogP contribution in [0, 0.1) is 11.3 Å².